The van der Waals surface area contributed by atoms with Crippen molar-refractivity contribution in [1.29, 1.82) is 0 Å². The van der Waals surface area contributed by atoms with Crippen LogP contribution in [0.5, 0.6) is 17.4 Å². The second-order valence-corrected chi connectivity index (χ2v) is 8.37. The van der Waals surface area contributed by atoms with Crippen molar-refractivity contribution in [2.75, 3.05) is 13.2 Å². The molecule has 0 aliphatic rings. The van der Waals surface area contributed by atoms with E-state index in [9.17, 15) is 9.59 Å². The second-order valence-electron chi connectivity index (χ2n) is 7.56. The third kappa shape index (κ3) is 5.41. The molecule has 32 heavy (non-hydrogen) atoms. The molecular formula is C21H21Cl2N3O6. The van der Waals surface area contributed by atoms with Gasteiger partial charge in [0.1, 0.15) is 5.02 Å². The van der Waals surface area contributed by atoms with Crippen molar-refractivity contribution in [3.8, 4) is 23.2 Å². The molecule has 0 amide bonds. The molecule has 0 saturated heterocycles. The van der Waals surface area contributed by atoms with Crippen molar-refractivity contribution in [3.63, 3.8) is 0 Å². The molecule has 0 unspecified atom stereocenters. The van der Waals surface area contributed by atoms with Crippen LogP contribution in [0.1, 0.15) is 33.6 Å². The van der Waals surface area contributed by atoms with Gasteiger partial charge in [0.15, 0.2) is 23.9 Å². The Kier molecular flexibility index (Phi) is 7.10. The van der Waals surface area contributed by atoms with Gasteiger partial charge in [-0.2, -0.15) is 4.98 Å². The summed E-state index contributed by atoms with van der Waals surface area (Å²) in [6.45, 7) is 7.19. The Morgan fingerprint density at radius 1 is 1.16 bits per heavy atom. The molecule has 0 radical (unpaired) electrons. The van der Waals surface area contributed by atoms with E-state index in [1.165, 1.54) is 6.07 Å². The lowest BCUT2D eigenvalue weighted by Crippen LogP contribution is -2.16. The minimum atomic E-state index is -0.754. The maximum atomic E-state index is 12.3. The predicted octanol–water partition coefficient (Wildman–Crippen LogP) is 4.56. The highest BCUT2D eigenvalue weighted by molar-refractivity contribution is 6.36. The summed E-state index contributed by atoms with van der Waals surface area (Å²) in [5.41, 5.74) is -0.502. The molecule has 3 aromatic rings. The molecule has 0 aliphatic heterocycles. The number of halogens is 2. The second kappa shape index (κ2) is 9.62. The van der Waals surface area contributed by atoms with Crippen LogP contribution in [0.3, 0.4) is 0 Å². The van der Waals surface area contributed by atoms with E-state index >= 15 is 0 Å². The molecule has 0 spiro atoms. The summed E-state index contributed by atoms with van der Waals surface area (Å²) >= 11 is 12.5. The third-order valence-corrected chi connectivity index (χ3v) is 4.52. The summed E-state index contributed by atoms with van der Waals surface area (Å²) in [5, 5.41) is 4.35. The first-order chi connectivity index (χ1) is 15.1. The van der Waals surface area contributed by atoms with E-state index in [-0.39, 0.29) is 52.3 Å². The minimum Gasteiger partial charge on any atom is -0.478 e. The van der Waals surface area contributed by atoms with Crippen molar-refractivity contribution in [2.45, 2.75) is 33.1 Å². The summed E-state index contributed by atoms with van der Waals surface area (Å²) in [6, 6.07) is 8.00. The number of benzene rings is 1. The lowest BCUT2D eigenvalue weighted by Gasteiger charge is -2.13. The number of carbonyl (C=O) groups is 1. The Morgan fingerprint density at radius 2 is 1.84 bits per heavy atom. The molecule has 170 valence electrons. The first-order valence-electron chi connectivity index (χ1n) is 9.62. The average Bonchev–Trinajstić information content (AvgIpc) is 3.11. The number of ether oxygens (including phenoxy) is 3. The van der Waals surface area contributed by atoms with Gasteiger partial charge in [0.05, 0.1) is 11.6 Å². The molecular weight excluding hydrogens is 461 g/mol. The normalized spacial score (nSPS) is 11.3. The first kappa shape index (κ1) is 23.6. The van der Waals surface area contributed by atoms with Crippen molar-refractivity contribution >= 4 is 29.2 Å². The smallest absolute Gasteiger partial charge is 0.443 e. The van der Waals surface area contributed by atoms with Crippen molar-refractivity contribution in [3.05, 3.63) is 56.8 Å². The number of esters is 1. The van der Waals surface area contributed by atoms with Gasteiger partial charge in [0, 0.05) is 5.41 Å². The van der Waals surface area contributed by atoms with E-state index in [1.54, 1.807) is 31.2 Å². The zero-order chi connectivity index (χ0) is 23.5. The van der Waals surface area contributed by atoms with Crippen LogP contribution in [0.2, 0.25) is 10.0 Å². The fraction of sp³-hybridized carbons (Fsp3) is 0.333. The highest BCUT2D eigenvalue weighted by Crippen LogP contribution is 2.36. The molecule has 11 heteroatoms. The topological polar surface area (TPSA) is 106 Å². The molecule has 2 aromatic heterocycles. The highest BCUT2D eigenvalue weighted by atomic mass is 35.5. The summed E-state index contributed by atoms with van der Waals surface area (Å²) in [6.07, 6.45) is 0. The largest absolute Gasteiger partial charge is 0.478 e. The van der Waals surface area contributed by atoms with Crippen LogP contribution in [0.4, 0.5) is 0 Å². The lowest BCUT2D eigenvalue weighted by molar-refractivity contribution is -0.145. The van der Waals surface area contributed by atoms with E-state index in [0.717, 1.165) is 4.68 Å². The van der Waals surface area contributed by atoms with Crippen molar-refractivity contribution < 1.29 is 23.4 Å². The number of nitrogens with zero attached hydrogens (tertiary/aromatic N) is 3. The molecule has 2 heterocycles. The fourth-order valence-electron chi connectivity index (χ4n) is 2.47. The lowest BCUT2D eigenvalue weighted by atomic mass is 9.97. The zero-order valence-corrected chi connectivity index (χ0v) is 19.4. The molecule has 9 nitrogen and oxygen atoms in total. The van der Waals surface area contributed by atoms with Crippen LogP contribution >= 0.6 is 23.2 Å². The Balaban J connectivity index is 1.94. The predicted molar refractivity (Wildman–Crippen MR) is 117 cm³/mol. The number of carbonyl (C=O) groups excluding carboxylic acids is 1. The summed E-state index contributed by atoms with van der Waals surface area (Å²) < 4.78 is 22.3. The van der Waals surface area contributed by atoms with E-state index in [0.29, 0.717) is 0 Å². The van der Waals surface area contributed by atoms with Crippen molar-refractivity contribution in [2.24, 2.45) is 0 Å². The zero-order valence-electron chi connectivity index (χ0n) is 17.8. The van der Waals surface area contributed by atoms with Gasteiger partial charge in [-0.05, 0) is 25.1 Å². The number of aromatic nitrogens is 3. The number of pyridine rings is 1. The maximum Gasteiger partial charge on any atom is 0.443 e. The molecule has 3 rings (SSSR count). The molecule has 0 saturated carbocycles. The quantitative estimate of drug-likeness (QED) is 0.452. The van der Waals surface area contributed by atoms with Crippen LogP contribution in [0.15, 0.2) is 39.5 Å². The maximum absolute atomic E-state index is 12.3. The van der Waals surface area contributed by atoms with E-state index in [4.69, 9.17) is 41.8 Å². The van der Waals surface area contributed by atoms with Crippen LogP contribution in [0, 0.1) is 0 Å². The molecule has 0 aliphatic carbocycles. The van der Waals surface area contributed by atoms with Gasteiger partial charge in [0.2, 0.25) is 11.8 Å². The Labute approximate surface area is 193 Å². The summed E-state index contributed by atoms with van der Waals surface area (Å²) in [7, 11) is 0. The van der Waals surface area contributed by atoms with Gasteiger partial charge in [-0.25, -0.2) is 9.59 Å². The first-order valence-corrected chi connectivity index (χ1v) is 10.4. The summed E-state index contributed by atoms with van der Waals surface area (Å²) in [5.74, 6) is -0.616. The summed E-state index contributed by atoms with van der Waals surface area (Å²) in [4.78, 5) is 28.2. The van der Waals surface area contributed by atoms with Crippen LogP contribution in [-0.4, -0.2) is 33.9 Å². The number of hydrogen-bond donors (Lipinski definition) is 0. The average molecular weight is 482 g/mol. The number of para-hydroxylation sites is 2. The molecule has 0 fully saturated rings. The number of rotatable bonds is 7. The molecule has 0 N–H and O–H groups in total. The molecule has 0 bridgehead atoms. The van der Waals surface area contributed by atoms with E-state index in [2.05, 4.69) is 10.1 Å². The molecule has 1 aromatic carbocycles. The van der Waals surface area contributed by atoms with Gasteiger partial charge >= 0.3 is 11.7 Å². The van der Waals surface area contributed by atoms with Gasteiger partial charge in [-0.15, -0.1) is 9.78 Å². The Hall–Kier alpha value is -3.04. The SMILES string of the molecule is CCOC(=O)COc1ccccc1Oc1nc(-n2nc(C(C)(C)C)oc2=O)c(Cl)cc1Cl. The third-order valence-electron chi connectivity index (χ3n) is 3.98. The number of hydrogen-bond acceptors (Lipinski definition) is 8. The minimum absolute atomic E-state index is 0.0137. The van der Waals surface area contributed by atoms with E-state index < -0.39 is 17.1 Å². The van der Waals surface area contributed by atoms with Crippen LogP contribution in [0.25, 0.3) is 5.82 Å². The van der Waals surface area contributed by atoms with Gasteiger partial charge in [0.25, 0.3) is 0 Å². The van der Waals surface area contributed by atoms with Crippen LogP contribution < -0.4 is 15.2 Å². The van der Waals surface area contributed by atoms with Crippen molar-refractivity contribution in [1.82, 2.24) is 14.8 Å². The van der Waals surface area contributed by atoms with E-state index in [1.807, 2.05) is 20.8 Å². The molecule has 0 atom stereocenters. The van der Waals surface area contributed by atoms with Gasteiger partial charge < -0.3 is 18.6 Å². The van der Waals surface area contributed by atoms with Crippen LogP contribution in [-0.2, 0) is 14.9 Å². The van der Waals surface area contributed by atoms with Gasteiger partial charge in [-0.3, -0.25) is 0 Å². The fourth-order valence-corrected chi connectivity index (χ4v) is 2.95. The van der Waals surface area contributed by atoms with Gasteiger partial charge in [-0.1, -0.05) is 56.1 Å². The standard InChI is InChI=1S/C21H21Cl2N3O6/c1-5-29-16(27)11-30-14-8-6-7-9-15(14)31-18-13(23)10-12(22)17(24-18)26-20(28)32-19(25-26)21(2,3)4/h6-10H,5,11H2,1-4H3. The Bertz CT molecular complexity index is 1180. The monoisotopic (exact) mass is 481 g/mol. The Morgan fingerprint density at radius 3 is 2.47 bits per heavy atom. The highest BCUT2D eigenvalue weighted by Gasteiger charge is 2.25.